The standard InChI is InChI=1S/C16H26ClO4P/c1-2-3-4-5-6-9-13-20-22(19,14-12-17)21-16-11-8-7-10-15(16)18/h7-8,10-11,18H,2-6,9,12-14H2,1H3. The van der Waals surface area contributed by atoms with E-state index in [1.54, 1.807) is 18.2 Å². The summed E-state index contributed by atoms with van der Waals surface area (Å²) in [7, 11) is -3.32. The number of aromatic hydroxyl groups is 1. The van der Waals surface area contributed by atoms with E-state index < -0.39 is 7.60 Å². The Morgan fingerprint density at radius 2 is 1.82 bits per heavy atom. The third kappa shape index (κ3) is 7.53. The number of phenolic OH excluding ortho intramolecular Hbond substituents is 1. The normalized spacial score (nSPS) is 13.7. The molecule has 1 atom stereocenters. The van der Waals surface area contributed by atoms with Crippen LogP contribution < -0.4 is 4.52 Å². The number of phenols is 1. The van der Waals surface area contributed by atoms with Crippen LogP contribution in [0.2, 0.25) is 0 Å². The molecule has 4 nitrogen and oxygen atoms in total. The Balaban J connectivity index is 2.43. The molecule has 0 saturated heterocycles. The highest BCUT2D eigenvalue weighted by Gasteiger charge is 2.26. The molecule has 1 aromatic carbocycles. The van der Waals surface area contributed by atoms with Gasteiger partial charge >= 0.3 is 7.60 Å². The van der Waals surface area contributed by atoms with Crippen molar-refractivity contribution in [2.24, 2.45) is 0 Å². The summed E-state index contributed by atoms with van der Waals surface area (Å²) in [5.41, 5.74) is 0. The van der Waals surface area contributed by atoms with Crippen LogP contribution in [0.15, 0.2) is 24.3 Å². The lowest BCUT2D eigenvalue weighted by Crippen LogP contribution is -2.05. The molecule has 0 aliphatic rings. The van der Waals surface area contributed by atoms with Crippen molar-refractivity contribution in [2.75, 3.05) is 18.6 Å². The Morgan fingerprint density at radius 1 is 1.14 bits per heavy atom. The van der Waals surface area contributed by atoms with Crippen molar-refractivity contribution in [3.63, 3.8) is 0 Å². The monoisotopic (exact) mass is 348 g/mol. The van der Waals surface area contributed by atoms with E-state index >= 15 is 0 Å². The summed E-state index contributed by atoms with van der Waals surface area (Å²) < 4.78 is 23.5. The van der Waals surface area contributed by atoms with Crippen molar-refractivity contribution in [1.82, 2.24) is 0 Å². The maximum atomic E-state index is 12.6. The van der Waals surface area contributed by atoms with Gasteiger partial charge in [0.15, 0.2) is 11.5 Å². The van der Waals surface area contributed by atoms with Crippen molar-refractivity contribution in [2.45, 2.75) is 45.4 Å². The summed E-state index contributed by atoms with van der Waals surface area (Å²) >= 11 is 5.69. The van der Waals surface area contributed by atoms with Gasteiger partial charge in [0, 0.05) is 5.88 Å². The van der Waals surface area contributed by atoms with E-state index in [4.69, 9.17) is 20.6 Å². The van der Waals surface area contributed by atoms with Gasteiger partial charge in [-0.15, -0.1) is 11.6 Å². The molecule has 0 aliphatic heterocycles. The maximum absolute atomic E-state index is 12.6. The van der Waals surface area contributed by atoms with Gasteiger partial charge in [-0.05, 0) is 18.6 Å². The summed E-state index contributed by atoms with van der Waals surface area (Å²) in [4.78, 5) is 0. The lowest BCUT2D eigenvalue weighted by molar-refractivity contribution is 0.256. The van der Waals surface area contributed by atoms with E-state index in [0.717, 1.165) is 19.3 Å². The molecule has 0 fully saturated rings. The average Bonchev–Trinajstić information content (AvgIpc) is 2.49. The maximum Gasteiger partial charge on any atom is 0.380 e. The number of benzene rings is 1. The molecule has 0 heterocycles. The van der Waals surface area contributed by atoms with E-state index in [1.807, 2.05) is 0 Å². The number of hydrogen-bond acceptors (Lipinski definition) is 4. The molecule has 1 N–H and O–H groups in total. The molecule has 22 heavy (non-hydrogen) atoms. The number of para-hydroxylation sites is 2. The Kier molecular flexibility index (Phi) is 9.61. The van der Waals surface area contributed by atoms with Crippen LogP contribution in [0.1, 0.15) is 45.4 Å². The van der Waals surface area contributed by atoms with Crippen molar-refractivity contribution < 1.29 is 18.7 Å². The van der Waals surface area contributed by atoms with E-state index in [1.165, 1.54) is 25.3 Å². The number of halogens is 1. The second-order valence-electron chi connectivity index (χ2n) is 5.18. The SMILES string of the molecule is CCCCCCCCOP(=O)(CCCl)Oc1ccccc1O. The minimum absolute atomic E-state index is 0.0551. The molecule has 0 bridgehead atoms. The molecule has 6 heteroatoms. The van der Waals surface area contributed by atoms with Gasteiger partial charge in [-0.2, -0.15) is 0 Å². The molecule has 0 spiro atoms. The van der Waals surface area contributed by atoms with E-state index in [2.05, 4.69) is 6.92 Å². The Morgan fingerprint density at radius 3 is 2.50 bits per heavy atom. The highest BCUT2D eigenvalue weighted by molar-refractivity contribution is 7.54. The predicted molar refractivity (Wildman–Crippen MR) is 91.3 cm³/mol. The van der Waals surface area contributed by atoms with Crippen LogP contribution >= 0.6 is 19.2 Å². The van der Waals surface area contributed by atoms with Crippen LogP contribution in [0.25, 0.3) is 0 Å². The number of unbranched alkanes of at least 4 members (excludes halogenated alkanes) is 5. The fraction of sp³-hybridized carbons (Fsp3) is 0.625. The van der Waals surface area contributed by atoms with Gasteiger partial charge in [0.1, 0.15) is 0 Å². The quantitative estimate of drug-likeness (QED) is 0.304. The van der Waals surface area contributed by atoms with Crippen LogP contribution in [0.5, 0.6) is 11.5 Å². The fourth-order valence-corrected chi connectivity index (χ4v) is 3.97. The van der Waals surface area contributed by atoms with E-state index in [0.29, 0.717) is 6.61 Å². The molecule has 0 aliphatic carbocycles. The van der Waals surface area contributed by atoms with Crippen molar-refractivity contribution in [3.8, 4) is 11.5 Å². The fourth-order valence-electron chi connectivity index (χ4n) is 2.01. The second-order valence-corrected chi connectivity index (χ2v) is 7.67. The molecular weight excluding hydrogens is 323 g/mol. The summed E-state index contributed by atoms with van der Waals surface area (Å²) in [6, 6.07) is 6.41. The minimum atomic E-state index is -3.32. The highest BCUT2D eigenvalue weighted by Crippen LogP contribution is 2.50. The molecule has 0 radical (unpaired) electrons. The van der Waals surface area contributed by atoms with Gasteiger partial charge < -0.3 is 9.63 Å². The molecule has 0 saturated carbocycles. The number of alkyl halides is 1. The third-order valence-corrected chi connectivity index (χ3v) is 5.52. The first kappa shape index (κ1) is 19.3. The van der Waals surface area contributed by atoms with Crippen LogP contribution in [0.3, 0.4) is 0 Å². The first-order valence-corrected chi connectivity index (χ1v) is 10.1. The zero-order chi connectivity index (χ0) is 16.3. The highest BCUT2D eigenvalue weighted by atomic mass is 35.5. The Hall–Kier alpha value is -0.700. The van der Waals surface area contributed by atoms with Gasteiger partial charge in [0.2, 0.25) is 0 Å². The first-order valence-electron chi connectivity index (χ1n) is 7.88. The lowest BCUT2D eigenvalue weighted by Gasteiger charge is -2.19. The van der Waals surface area contributed by atoms with Gasteiger partial charge in [-0.1, -0.05) is 51.2 Å². The zero-order valence-corrected chi connectivity index (χ0v) is 14.8. The molecular formula is C16H26ClO4P. The Bertz CT molecular complexity index is 467. The second kappa shape index (κ2) is 10.9. The third-order valence-electron chi connectivity index (χ3n) is 3.25. The van der Waals surface area contributed by atoms with Gasteiger partial charge in [0.05, 0.1) is 12.8 Å². The predicted octanol–water partition coefficient (Wildman–Crippen LogP) is 5.58. The van der Waals surface area contributed by atoms with Crippen LogP contribution in [-0.4, -0.2) is 23.8 Å². The topological polar surface area (TPSA) is 55.8 Å². The van der Waals surface area contributed by atoms with Crippen molar-refractivity contribution in [1.29, 1.82) is 0 Å². The molecule has 1 unspecified atom stereocenters. The Labute approximate surface area is 138 Å². The van der Waals surface area contributed by atoms with Gasteiger partial charge in [-0.25, -0.2) is 4.57 Å². The molecule has 1 rings (SSSR count). The summed E-state index contributed by atoms with van der Waals surface area (Å²) in [6.07, 6.45) is 6.88. The van der Waals surface area contributed by atoms with E-state index in [-0.39, 0.29) is 23.5 Å². The molecule has 0 amide bonds. The smallest absolute Gasteiger partial charge is 0.380 e. The zero-order valence-electron chi connectivity index (χ0n) is 13.2. The van der Waals surface area contributed by atoms with Crippen LogP contribution in [0.4, 0.5) is 0 Å². The number of hydrogen-bond donors (Lipinski definition) is 1. The minimum Gasteiger partial charge on any atom is -0.504 e. The first-order chi connectivity index (χ1) is 10.6. The summed E-state index contributed by atoms with van der Waals surface area (Å²) in [5, 5.41) is 9.70. The molecule has 0 aromatic heterocycles. The molecule has 126 valence electrons. The molecule has 1 aromatic rings. The van der Waals surface area contributed by atoms with Crippen LogP contribution in [-0.2, 0) is 9.09 Å². The van der Waals surface area contributed by atoms with E-state index in [9.17, 15) is 9.67 Å². The van der Waals surface area contributed by atoms with Crippen molar-refractivity contribution in [3.05, 3.63) is 24.3 Å². The van der Waals surface area contributed by atoms with Gasteiger partial charge in [-0.3, -0.25) is 4.52 Å². The van der Waals surface area contributed by atoms with Crippen molar-refractivity contribution >= 4 is 19.2 Å². The summed E-state index contributed by atoms with van der Waals surface area (Å²) in [5.74, 6) is 0.292. The number of rotatable bonds is 12. The van der Waals surface area contributed by atoms with Crippen LogP contribution in [0, 0.1) is 0 Å². The van der Waals surface area contributed by atoms with Gasteiger partial charge in [0.25, 0.3) is 0 Å². The lowest BCUT2D eigenvalue weighted by atomic mass is 10.1. The average molecular weight is 349 g/mol. The summed E-state index contributed by atoms with van der Waals surface area (Å²) in [6.45, 7) is 2.57. The largest absolute Gasteiger partial charge is 0.504 e.